The highest BCUT2D eigenvalue weighted by Gasteiger charge is 2.21. The number of nitrogens with one attached hydrogen (secondary N) is 2. The second kappa shape index (κ2) is 6.37. The van der Waals surface area contributed by atoms with Crippen LogP contribution >= 0.6 is 0 Å². The predicted octanol–water partition coefficient (Wildman–Crippen LogP) is 0.962. The van der Waals surface area contributed by atoms with Crippen molar-refractivity contribution in [3.63, 3.8) is 0 Å². The molecule has 0 bridgehead atoms. The van der Waals surface area contributed by atoms with Gasteiger partial charge in [-0.05, 0) is 31.5 Å². The molecule has 0 aliphatic carbocycles. The Morgan fingerprint density at radius 1 is 1.40 bits per heavy atom. The molecule has 2 N–H and O–H groups in total. The molecule has 1 aromatic rings. The van der Waals surface area contributed by atoms with Gasteiger partial charge in [0.2, 0.25) is 0 Å². The molecule has 1 amide bonds. The van der Waals surface area contributed by atoms with E-state index in [4.69, 9.17) is 0 Å². The molecule has 1 aliphatic heterocycles. The van der Waals surface area contributed by atoms with E-state index in [0.29, 0.717) is 6.54 Å². The first-order valence-corrected chi connectivity index (χ1v) is 8.53. The molecule has 2 rings (SSSR count). The van der Waals surface area contributed by atoms with E-state index in [0.717, 1.165) is 19.4 Å². The largest absolute Gasteiger partial charge is 0.350 e. The van der Waals surface area contributed by atoms with Gasteiger partial charge in [-0.3, -0.25) is 4.79 Å². The lowest BCUT2D eigenvalue weighted by Gasteiger charge is -2.13. The van der Waals surface area contributed by atoms with Crippen molar-refractivity contribution in [2.75, 3.05) is 18.8 Å². The van der Waals surface area contributed by atoms with Gasteiger partial charge < -0.3 is 10.6 Å². The second-order valence-electron chi connectivity index (χ2n) is 4.90. The first-order valence-electron chi connectivity index (χ1n) is 6.88. The number of carbonyl (C=O) groups is 1. The third-order valence-corrected chi connectivity index (χ3v) is 5.30. The van der Waals surface area contributed by atoms with Crippen LogP contribution in [0.2, 0.25) is 0 Å². The van der Waals surface area contributed by atoms with Crippen LogP contribution in [0.15, 0.2) is 29.2 Å². The van der Waals surface area contributed by atoms with Gasteiger partial charge >= 0.3 is 0 Å². The van der Waals surface area contributed by atoms with Gasteiger partial charge in [-0.1, -0.05) is 19.1 Å². The Morgan fingerprint density at radius 3 is 2.80 bits per heavy atom. The molecule has 1 unspecified atom stereocenters. The molecule has 0 saturated carbocycles. The standard InChI is InChI=1S/C14H20N2O3S/c1-2-20(18,19)13-8-4-3-7-12(13)14(17)16-10-11-6-5-9-15-11/h3-4,7-8,11,15H,2,5-6,9-10H2,1H3,(H,16,17). The van der Waals surface area contributed by atoms with Crippen molar-refractivity contribution in [2.45, 2.75) is 30.7 Å². The maximum Gasteiger partial charge on any atom is 0.252 e. The van der Waals surface area contributed by atoms with Gasteiger partial charge in [-0.15, -0.1) is 0 Å². The minimum absolute atomic E-state index is 0.0124. The maximum absolute atomic E-state index is 12.2. The number of hydrogen-bond acceptors (Lipinski definition) is 4. The minimum Gasteiger partial charge on any atom is -0.350 e. The van der Waals surface area contributed by atoms with Gasteiger partial charge in [0.05, 0.1) is 16.2 Å². The summed E-state index contributed by atoms with van der Waals surface area (Å²) in [6.45, 7) is 3.08. The molecule has 0 radical (unpaired) electrons. The highest BCUT2D eigenvalue weighted by atomic mass is 32.2. The fourth-order valence-electron chi connectivity index (χ4n) is 2.32. The van der Waals surface area contributed by atoms with Crippen LogP contribution < -0.4 is 10.6 Å². The third-order valence-electron chi connectivity index (χ3n) is 3.52. The molecule has 0 spiro atoms. The molecule has 1 fully saturated rings. The maximum atomic E-state index is 12.2. The number of sulfone groups is 1. The van der Waals surface area contributed by atoms with Crippen molar-refractivity contribution < 1.29 is 13.2 Å². The Hall–Kier alpha value is -1.40. The van der Waals surface area contributed by atoms with Crippen LogP contribution in [0.1, 0.15) is 30.1 Å². The molecule has 0 aromatic heterocycles. The van der Waals surface area contributed by atoms with E-state index < -0.39 is 9.84 Å². The average molecular weight is 296 g/mol. The summed E-state index contributed by atoms with van der Waals surface area (Å²) in [6, 6.07) is 6.64. The molecular formula is C14H20N2O3S. The quantitative estimate of drug-likeness (QED) is 0.849. The van der Waals surface area contributed by atoms with Crippen LogP contribution in [0.3, 0.4) is 0 Å². The fraction of sp³-hybridized carbons (Fsp3) is 0.500. The van der Waals surface area contributed by atoms with Crippen LogP contribution in [0.4, 0.5) is 0 Å². The number of amides is 1. The van der Waals surface area contributed by atoms with Crippen LogP contribution in [0.5, 0.6) is 0 Å². The lowest BCUT2D eigenvalue weighted by atomic mass is 10.2. The third kappa shape index (κ3) is 3.37. The zero-order valence-electron chi connectivity index (χ0n) is 11.6. The first kappa shape index (κ1) is 15.0. The molecule has 1 aromatic carbocycles. The average Bonchev–Trinajstić information content (AvgIpc) is 2.98. The summed E-state index contributed by atoms with van der Waals surface area (Å²) in [5.41, 5.74) is 0.229. The van der Waals surface area contributed by atoms with Crippen LogP contribution in [0.25, 0.3) is 0 Å². The summed E-state index contributed by atoms with van der Waals surface area (Å²) in [5.74, 6) is -0.340. The van der Waals surface area contributed by atoms with Crippen molar-refractivity contribution in [2.24, 2.45) is 0 Å². The molecule has 1 heterocycles. The number of hydrogen-bond donors (Lipinski definition) is 2. The molecule has 1 atom stereocenters. The summed E-state index contributed by atoms with van der Waals surface area (Å²) in [4.78, 5) is 12.3. The molecular weight excluding hydrogens is 276 g/mol. The Bertz CT molecular complexity index is 578. The van der Waals surface area contributed by atoms with Crippen molar-refractivity contribution in [1.82, 2.24) is 10.6 Å². The van der Waals surface area contributed by atoms with Gasteiger partial charge in [0.15, 0.2) is 9.84 Å². The molecule has 5 nitrogen and oxygen atoms in total. The van der Waals surface area contributed by atoms with E-state index in [-0.39, 0.29) is 28.2 Å². The van der Waals surface area contributed by atoms with E-state index in [2.05, 4.69) is 10.6 Å². The van der Waals surface area contributed by atoms with E-state index in [1.807, 2.05) is 0 Å². The molecule has 20 heavy (non-hydrogen) atoms. The van der Waals surface area contributed by atoms with E-state index in [1.165, 1.54) is 6.07 Å². The summed E-state index contributed by atoms with van der Waals surface area (Å²) >= 11 is 0. The number of carbonyl (C=O) groups excluding carboxylic acids is 1. The lowest BCUT2D eigenvalue weighted by molar-refractivity contribution is 0.0947. The predicted molar refractivity (Wildman–Crippen MR) is 77.5 cm³/mol. The second-order valence-corrected chi connectivity index (χ2v) is 7.15. The SMILES string of the molecule is CCS(=O)(=O)c1ccccc1C(=O)NCC1CCCN1. The van der Waals surface area contributed by atoms with Crippen molar-refractivity contribution in [3.05, 3.63) is 29.8 Å². The van der Waals surface area contributed by atoms with Gasteiger partial charge in [-0.25, -0.2) is 8.42 Å². The highest BCUT2D eigenvalue weighted by Crippen LogP contribution is 2.17. The minimum atomic E-state index is -3.39. The highest BCUT2D eigenvalue weighted by molar-refractivity contribution is 7.91. The Balaban J connectivity index is 2.13. The summed E-state index contributed by atoms with van der Waals surface area (Å²) in [6.07, 6.45) is 2.15. The summed E-state index contributed by atoms with van der Waals surface area (Å²) < 4.78 is 24.0. The number of rotatable bonds is 5. The van der Waals surface area contributed by atoms with Crippen LogP contribution in [-0.4, -0.2) is 39.2 Å². The van der Waals surface area contributed by atoms with Crippen molar-refractivity contribution >= 4 is 15.7 Å². The van der Waals surface area contributed by atoms with Gasteiger partial charge in [0.25, 0.3) is 5.91 Å². The number of benzene rings is 1. The first-order chi connectivity index (χ1) is 9.54. The molecule has 1 saturated heterocycles. The van der Waals surface area contributed by atoms with Crippen LogP contribution in [-0.2, 0) is 9.84 Å². The monoisotopic (exact) mass is 296 g/mol. The van der Waals surface area contributed by atoms with E-state index in [1.54, 1.807) is 25.1 Å². The Kier molecular flexibility index (Phi) is 4.77. The van der Waals surface area contributed by atoms with Gasteiger partial charge in [-0.2, -0.15) is 0 Å². The normalized spacial score (nSPS) is 18.9. The zero-order valence-corrected chi connectivity index (χ0v) is 12.4. The van der Waals surface area contributed by atoms with Crippen LogP contribution in [0, 0.1) is 0 Å². The zero-order chi connectivity index (χ0) is 14.6. The molecule has 6 heteroatoms. The van der Waals surface area contributed by atoms with Gasteiger partial charge in [0.1, 0.15) is 0 Å². The summed E-state index contributed by atoms with van der Waals surface area (Å²) in [5, 5.41) is 6.10. The molecule has 110 valence electrons. The van der Waals surface area contributed by atoms with E-state index >= 15 is 0 Å². The lowest BCUT2D eigenvalue weighted by Crippen LogP contribution is -2.37. The van der Waals surface area contributed by atoms with Gasteiger partial charge in [0, 0.05) is 12.6 Å². The summed E-state index contributed by atoms with van der Waals surface area (Å²) in [7, 11) is -3.39. The topological polar surface area (TPSA) is 75.3 Å². The Labute approximate surface area is 119 Å². The fourth-order valence-corrected chi connectivity index (χ4v) is 3.42. The van der Waals surface area contributed by atoms with Crippen molar-refractivity contribution in [3.8, 4) is 0 Å². The van der Waals surface area contributed by atoms with Crippen molar-refractivity contribution in [1.29, 1.82) is 0 Å². The Morgan fingerprint density at radius 2 is 2.15 bits per heavy atom. The van der Waals surface area contributed by atoms with E-state index in [9.17, 15) is 13.2 Å². The molecule has 1 aliphatic rings. The smallest absolute Gasteiger partial charge is 0.252 e.